The predicted octanol–water partition coefficient (Wildman–Crippen LogP) is -2.35. The summed E-state index contributed by atoms with van der Waals surface area (Å²) in [6.45, 7) is 1.14. The SMILES string of the molecule is CC(=O)ON1C(=O)CCC1=O.N=C(N)N.O=C1C=CC(=O)N1. The molecule has 0 saturated carbocycles. The number of nitrogens with one attached hydrogen (secondary N) is 2. The van der Waals surface area contributed by atoms with Crippen molar-refractivity contribution in [3.63, 3.8) is 0 Å². The van der Waals surface area contributed by atoms with E-state index >= 15 is 0 Å². The number of guanidine groups is 1. The Balaban J connectivity index is 0.000000343. The van der Waals surface area contributed by atoms with Gasteiger partial charge in [0.2, 0.25) is 0 Å². The summed E-state index contributed by atoms with van der Waals surface area (Å²) in [6, 6.07) is 0. The lowest BCUT2D eigenvalue weighted by molar-refractivity contribution is -0.195. The van der Waals surface area contributed by atoms with Crippen molar-refractivity contribution in [3.8, 4) is 0 Å². The molecule has 1 saturated heterocycles. The van der Waals surface area contributed by atoms with Crippen molar-refractivity contribution in [3.05, 3.63) is 12.2 Å². The van der Waals surface area contributed by atoms with Crippen LogP contribution in [-0.2, 0) is 28.8 Å². The van der Waals surface area contributed by atoms with E-state index in [1.54, 1.807) is 0 Å². The standard InChI is InChI=1S/C6H7NO4.C4H3NO2.CH5N3/c1-4(8)11-7-5(9)2-3-6(7)10;6-3-1-2-4(7)5-3;2-1(3)4/h2-3H2,1H3;1-2H,(H,5,6,7);(H5,2,3,4). The highest BCUT2D eigenvalue weighted by Gasteiger charge is 2.31. The average molecular weight is 313 g/mol. The van der Waals surface area contributed by atoms with E-state index in [1.165, 1.54) is 12.2 Å². The van der Waals surface area contributed by atoms with Crippen molar-refractivity contribution in [2.45, 2.75) is 19.8 Å². The molecule has 2 rings (SSSR count). The molecule has 0 bridgehead atoms. The number of carbonyl (C=O) groups excluding carboxylic acids is 5. The number of carbonyl (C=O) groups is 5. The molecule has 0 aromatic carbocycles. The molecule has 4 amide bonds. The van der Waals surface area contributed by atoms with Gasteiger partial charge in [0.1, 0.15) is 0 Å². The summed E-state index contributed by atoms with van der Waals surface area (Å²) in [5.41, 5.74) is 8.94. The Hall–Kier alpha value is -3.24. The third kappa shape index (κ3) is 8.04. The van der Waals surface area contributed by atoms with Crippen LogP contribution in [0, 0.1) is 5.41 Å². The summed E-state index contributed by atoms with van der Waals surface area (Å²) < 4.78 is 0. The molecule has 2 aliphatic rings. The lowest BCUT2D eigenvalue weighted by atomic mass is 10.4. The molecule has 2 aliphatic heterocycles. The molecule has 0 spiro atoms. The number of hydroxylamine groups is 2. The fourth-order valence-electron chi connectivity index (χ4n) is 1.14. The average Bonchev–Trinajstić information content (AvgIpc) is 2.89. The van der Waals surface area contributed by atoms with E-state index < -0.39 is 17.8 Å². The Morgan fingerprint density at radius 3 is 1.73 bits per heavy atom. The van der Waals surface area contributed by atoms with Gasteiger partial charge in [-0.2, -0.15) is 0 Å². The fraction of sp³-hybridized carbons (Fsp3) is 0.273. The van der Waals surface area contributed by atoms with Gasteiger partial charge in [0.15, 0.2) is 5.96 Å². The fourth-order valence-corrected chi connectivity index (χ4v) is 1.14. The molecule has 22 heavy (non-hydrogen) atoms. The maximum absolute atomic E-state index is 10.7. The first-order chi connectivity index (χ1) is 10.1. The summed E-state index contributed by atoms with van der Waals surface area (Å²) in [6.07, 6.45) is 2.66. The molecular weight excluding hydrogens is 298 g/mol. The Bertz CT molecular complexity index is 505. The van der Waals surface area contributed by atoms with E-state index in [4.69, 9.17) is 5.41 Å². The van der Waals surface area contributed by atoms with Crippen LogP contribution < -0.4 is 16.8 Å². The third-order valence-corrected chi connectivity index (χ3v) is 1.86. The molecule has 0 unspecified atom stereocenters. The zero-order chi connectivity index (χ0) is 17.3. The van der Waals surface area contributed by atoms with Crippen molar-refractivity contribution < 1.29 is 28.8 Å². The topological polar surface area (TPSA) is 186 Å². The van der Waals surface area contributed by atoms with Gasteiger partial charge in [-0.1, -0.05) is 0 Å². The van der Waals surface area contributed by atoms with E-state index in [0.717, 1.165) is 6.92 Å². The molecule has 2 heterocycles. The second-order valence-corrected chi connectivity index (χ2v) is 3.81. The van der Waals surface area contributed by atoms with Gasteiger partial charge in [-0.15, -0.1) is 5.06 Å². The van der Waals surface area contributed by atoms with Crippen molar-refractivity contribution in [2.24, 2.45) is 11.5 Å². The predicted molar refractivity (Wildman–Crippen MR) is 71.2 cm³/mol. The molecular formula is C11H15N5O6. The molecule has 0 aliphatic carbocycles. The number of nitrogens with zero attached hydrogens (tertiary/aromatic N) is 1. The highest BCUT2D eigenvalue weighted by molar-refractivity contribution is 6.12. The highest BCUT2D eigenvalue weighted by Crippen LogP contribution is 2.11. The van der Waals surface area contributed by atoms with Gasteiger partial charge in [-0.3, -0.25) is 29.9 Å². The molecule has 120 valence electrons. The molecule has 0 aromatic rings. The van der Waals surface area contributed by atoms with Gasteiger partial charge in [0.25, 0.3) is 23.6 Å². The van der Waals surface area contributed by atoms with Gasteiger partial charge in [0.05, 0.1) is 0 Å². The Labute approximate surface area is 124 Å². The van der Waals surface area contributed by atoms with Gasteiger partial charge in [-0.05, 0) is 0 Å². The van der Waals surface area contributed by atoms with Crippen LogP contribution >= 0.6 is 0 Å². The maximum atomic E-state index is 10.7. The van der Waals surface area contributed by atoms with E-state index in [9.17, 15) is 24.0 Å². The van der Waals surface area contributed by atoms with Crippen LogP contribution in [0.1, 0.15) is 19.8 Å². The minimum atomic E-state index is -0.659. The lowest BCUT2D eigenvalue weighted by Gasteiger charge is -2.09. The van der Waals surface area contributed by atoms with Crippen LogP contribution in [0.4, 0.5) is 0 Å². The number of hydrogen-bond acceptors (Lipinski definition) is 7. The molecule has 0 atom stereocenters. The number of rotatable bonds is 1. The van der Waals surface area contributed by atoms with E-state index in [2.05, 4.69) is 16.3 Å². The van der Waals surface area contributed by atoms with Crippen molar-refractivity contribution in [1.29, 1.82) is 5.41 Å². The minimum absolute atomic E-state index is 0.131. The molecule has 0 radical (unpaired) electrons. The normalized spacial score (nSPS) is 15.4. The summed E-state index contributed by atoms with van der Waals surface area (Å²) in [7, 11) is 0. The first-order valence-corrected chi connectivity index (χ1v) is 5.80. The first-order valence-electron chi connectivity index (χ1n) is 5.80. The third-order valence-electron chi connectivity index (χ3n) is 1.86. The van der Waals surface area contributed by atoms with Gasteiger partial charge in [0, 0.05) is 31.9 Å². The molecule has 1 fully saturated rings. The summed E-state index contributed by atoms with van der Waals surface area (Å²) >= 11 is 0. The van der Waals surface area contributed by atoms with Crippen LogP contribution in [0.5, 0.6) is 0 Å². The van der Waals surface area contributed by atoms with Crippen LogP contribution in [0.2, 0.25) is 0 Å². The van der Waals surface area contributed by atoms with Gasteiger partial charge < -0.3 is 16.3 Å². The monoisotopic (exact) mass is 313 g/mol. The van der Waals surface area contributed by atoms with E-state index in [0.29, 0.717) is 5.06 Å². The van der Waals surface area contributed by atoms with Crippen LogP contribution in [0.3, 0.4) is 0 Å². The molecule has 6 N–H and O–H groups in total. The number of hydrogen-bond donors (Lipinski definition) is 4. The van der Waals surface area contributed by atoms with Gasteiger partial charge in [-0.25, -0.2) is 4.79 Å². The van der Waals surface area contributed by atoms with Gasteiger partial charge >= 0.3 is 5.97 Å². The summed E-state index contributed by atoms with van der Waals surface area (Å²) in [5, 5.41) is 8.60. The zero-order valence-electron chi connectivity index (χ0n) is 11.6. The number of imide groups is 2. The van der Waals surface area contributed by atoms with Crippen LogP contribution in [-0.4, -0.2) is 40.6 Å². The summed E-state index contributed by atoms with van der Waals surface area (Å²) in [5.74, 6) is -2.56. The quantitative estimate of drug-likeness (QED) is 0.235. The van der Waals surface area contributed by atoms with Crippen molar-refractivity contribution in [1.82, 2.24) is 10.4 Å². The smallest absolute Gasteiger partial charge is 0.330 e. The first kappa shape index (κ1) is 18.8. The molecule has 11 heteroatoms. The largest absolute Gasteiger partial charge is 0.370 e. The van der Waals surface area contributed by atoms with Crippen LogP contribution in [0.25, 0.3) is 0 Å². The Morgan fingerprint density at radius 1 is 1.14 bits per heavy atom. The summed E-state index contributed by atoms with van der Waals surface area (Å²) in [4.78, 5) is 56.2. The lowest BCUT2D eigenvalue weighted by Crippen LogP contribution is -2.30. The Morgan fingerprint density at radius 2 is 1.50 bits per heavy atom. The van der Waals surface area contributed by atoms with E-state index in [-0.39, 0.29) is 30.6 Å². The van der Waals surface area contributed by atoms with Crippen LogP contribution in [0.15, 0.2) is 12.2 Å². The highest BCUT2D eigenvalue weighted by atomic mass is 16.7. The maximum Gasteiger partial charge on any atom is 0.330 e. The molecule has 11 nitrogen and oxygen atoms in total. The van der Waals surface area contributed by atoms with E-state index in [1.807, 2.05) is 5.32 Å². The van der Waals surface area contributed by atoms with Crippen molar-refractivity contribution in [2.75, 3.05) is 0 Å². The minimum Gasteiger partial charge on any atom is -0.370 e. The number of amides is 4. The Kier molecular flexibility index (Phi) is 7.54. The number of nitrogens with two attached hydrogens (primary N) is 2. The zero-order valence-corrected chi connectivity index (χ0v) is 11.6. The second kappa shape index (κ2) is 8.84. The molecule has 0 aromatic heterocycles. The van der Waals surface area contributed by atoms with Crippen molar-refractivity contribution >= 4 is 35.6 Å². The second-order valence-electron chi connectivity index (χ2n) is 3.81.